The van der Waals surface area contributed by atoms with Gasteiger partial charge in [0.15, 0.2) is 0 Å². The Bertz CT molecular complexity index is 1140. The van der Waals surface area contributed by atoms with E-state index in [-0.39, 0.29) is 49.5 Å². The van der Waals surface area contributed by atoms with Crippen molar-refractivity contribution in [1.29, 1.82) is 0 Å². The Hall–Kier alpha value is -3.14. The second-order valence-corrected chi connectivity index (χ2v) is 11.3. The van der Waals surface area contributed by atoms with E-state index < -0.39 is 16.1 Å². The highest BCUT2D eigenvalue weighted by Crippen LogP contribution is 2.24. The van der Waals surface area contributed by atoms with E-state index in [1.807, 2.05) is 20.8 Å². The van der Waals surface area contributed by atoms with Crippen LogP contribution in [0.2, 0.25) is 0 Å². The number of anilines is 1. The number of nitrogens with one attached hydrogen (secondary N) is 1. The molecule has 0 fully saturated rings. The van der Waals surface area contributed by atoms with Crippen LogP contribution in [0.5, 0.6) is 5.75 Å². The zero-order valence-corrected chi connectivity index (χ0v) is 23.1. The summed E-state index contributed by atoms with van der Waals surface area (Å²) in [5.74, 6) is -0.148. The number of hydrogen-bond donors (Lipinski definition) is 1. The number of sulfonamides is 1. The Morgan fingerprint density at radius 2 is 1.78 bits per heavy atom. The van der Waals surface area contributed by atoms with Crippen LogP contribution in [0.25, 0.3) is 0 Å². The number of rotatable bonds is 14. The average molecular weight is 536 g/mol. The first kappa shape index (κ1) is 30.1. The number of halogens is 1. The Morgan fingerprint density at radius 1 is 1.11 bits per heavy atom. The molecule has 2 aromatic carbocycles. The molecule has 1 atom stereocenters. The molecule has 0 aromatic heterocycles. The van der Waals surface area contributed by atoms with Gasteiger partial charge in [-0.25, -0.2) is 12.8 Å². The van der Waals surface area contributed by atoms with Gasteiger partial charge < -0.3 is 15.0 Å². The van der Waals surface area contributed by atoms with Gasteiger partial charge in [-0.05, 0) is 48.6 Å². The smallest absolute Gasteiger partial charge is 0.242 e. The molecule has 2 rings (SSSR count). The van der Waals surface area contributed by atoms with Gasteiger partial charge in [-0.3, -0.25) is 13.9 Å². The van der Waals surface area contributed by atoms with Gasteiger partial charge in [0.25, 0.3) is 0 Å². The van der Waals surface area contributed by atoms with Gasteiger partial charge in [0.2, 0.25) is 21.8 Å². The molecule has 0 spiro atoms. The van der Waals surface area contributed by atoms with Crippen molar-refractivity contribution >= 4 is 27.5 Å². The fraction of sp³-hybridized carbons (Fsp3) is 0.481. The highest BCUT2D eigenvalue weighted by molar-refractivity contribution is 7.92. The van der Waals surface area contributed by atoms with Crippen molar-refractivity contribution in [3.05, 3.63) is 59.9 Å². The standard InChI is InChI=1S/C27H38FN3O5S/c1-6-25(27(33)29-18-20(2)3)30(19-21-12-14-22(28)15-13-21)26(32)11-8-16-31(37(5,34)35)23-9-7-10-24(17-23)36-4/h7,9-10,12-15,17,20,25H,6,8,11,16,18-19H2,1-5H3,(H,29,33)/t25-/m0/s1. The summed E-state index contributed by atoms with van der Waals surface area (Å²) >= 11 is 0. The van der Waals surface area contributed by atoms with Crippen LogP contribution in [-0.2, 0) is 26.2 Å². The Morgan fingerprint density at radius 3 is 2.35 bits per heavy atom. The van der Waals surface area contributed by atoms with Crippen LogP contribution in [-0.4, -0.2) is 57.6 Å². The molecule has 10 heteroatoms. The molecule has 0 radical (unpaired) electrons. The van der Waals surface area contributed by atoms with Gasteiger partial charge >= 0.3 is 0 Å². The third-order valence-corrected chi connectivity index (χ3v) is 7.02. The molecule has 37 heavy (non-hydrogen) atoms. The number of nitrogens with zero attached hydrogens (tertiary/aromatic N) is 2. The molecule has 0 aliphatic heterocycles. The number of amides is 2. The number of carbonyl (C=O) groups is 2. The highest BCUT2D eigenvalue weighted by atomic mass is 32.2. The molecule has 8 nitrogen and oxygen atoms in total. The third-order valence-electron chi connectivity index (χ3n) is 5.83. The van der Waals surface area contributed by atoms with Gasteiger partial charge in [0.05, 0.1) is 19.1 Å². The minimum atomic E-state index is -3.61. The quantitative estimate of drug-likeness (QED) is 0.395. The molecule has 0 aliphatic rings. The van der Waals surface area contributed by atoms with E-state index in [0.29, 0.717) is 30.0 Å². The summed E-state index contributed by atoms with van der Waals surface area (Å²) in [6.07, 6.45) is 1.79. The average Bonchev–Trinajstić information content (AvgIpc) is 2.85. The summed E-state index contributed by atoms with van der Waals surface area (Å²) in [4.78, 5) is 27.9. The molecule has 0 bridgehead atoms. The van der Waals surface area contributed by atoms with Crippen LogP contribution < -0.4 is 14.4 Å². The monoisotopic (exact) mass is 535 g/mol. The summed E-state index contributed by atoms with van der Waals surface area (Å²) in [6, 6.07) is 11.8. The predicted octanol–water partition coefficient (Wildman–Crippen LogP) is 3.96. The van der Waals surface area contributed by atoms with E-state index in [1.165, 1.54) is 28.4 Å². The van der Waals surface area contributed by atoms with Crippen LogP contribution in [0.1, 0.15) is 45.6 Å². The van der Waals surface area contributed by atoms with Crippen molar-refractivity contribution < 1.29 is 27.1 Å². The maximum atomic E-state index is 13.4. The fourth-order valence-electron chi connectivity index (χ4n) is 3.90. The van der Waals surface area contributed by atoms with E-state index in [2.05, 4.69) is 5.32 Å². The molecule has 0 aliphatic carbocycles. The number of ether oxygens (including phenoxy) is 1. The van der Waals surface area contributed by atoms with Gasteiger partial charge in [-0.1, -0.05) is 39.0 Å². The largest absolute Gasteiger partial charge is 0.497 e. The zero-order valence-electron chi connectivity index (χ0n) is 22.2. The summed E-state index contributed by atoms with van der Waals surface area (Å²) in [5.41, 5.74) is 1.14. The first-order valence-electron chi connectivity index (χ1n) is 12.4. The van der Waals surface area contributed by atoms with E-state index >= 15 is 0 Å². The summed E-state index contributed by atoms with van der Waals surface area (Å²) < 4.78 is 44.8. The lowest BCUT2D eigenvalue weighted by Crippen LogP contribution is -2.49. The van der Waals surface area contributed by atoms with Crippen molar-refractivity contribution in [1.82, 2.24) is 10.2 Å². The van der Waals surface area contributed by atoms with Gasteiger partial charge in [-0.2, -0.15) is 0 Å². The minimum absolute atomic E-state index is 0.0329. The van der Waals surface area contributed by atoms with E-state index in [9.17, 15) is 22.4 Å². The molecule has 0 heterocycles. The predicted molar refractivity (Wildman–Crippen MR) is 143 cm³/mol. The summed E-state index contributed by atoms with van der Waals surface area (Å²) in [7, 11) is -2.11. The molecule has 204 valence electrons. The van der Waals surface area contributed by atoms with Gasteiger partial charge in [0.1, 0.15) is 17.6 Å². The molecule has 0 saturated heterocycles. The van der Waals surface area contributed by atoms with Crippen LogP contribution in [0, 0.1) is 11.7 Å². The molecular formula is C27H38FN3O5S. The number of hydrogen-bond acceptors (Lipinski definition) is 5. The lowest BCUT2D eigenvalue weighted by Gasteiger charge is -2.31. The topological polar surface area (TPSA) is 96.0 Å². The molecule has 1 N–H and O–H groups in total. The van der Waals surface area contributed by atoms with Crippen molar-refractivity contribution in [3.63, 3.8) is 0 Å². The normalized spacial score (nSPS) is 12.2. The van der Waals surface area contributed by atoms with Crippen molar-refractivity contribution in [3.8, 4) is 5.75 Å². The van der Waals surface area contributed by atoms with Crippen LogP contribution >= 0.6 is 0 Å². The molecule has 0 saturated carbocycles. The van der Waals surface area contributed by atoms with Gasteiger partial charge in [0, 0.05) is 32.1 Å². The molecule has 2 amide bonds. The minimum Gasteiger partial charge on any atom is -0.497 e. The lowest BCUT2D eigenvalue weighted by molar-refractivity contribution is -0.141. The second kappa shape index (κ2) is 14.0. The first-order valence-corrected chi connectivity index (χ1v) is 14.2. The van der Waals surface area contributed by atoms with E-state index in [0.717, 1.165) is 6.26 Å². The summed E-state index contributed by atoms with van der Waals surface area (Å²) in [5, 5.41) is 2.90. The molecular weight excluding hydrogens is 497 g/mol. The van der Waals surface area contributed by atoms with E-state index in [4.69, 9.17) is 4.74 Å². The lowest BCUT2D eigenvalue weighted by atomic mass is 10.1. The van der Waals surface area contributed by atoms with Crippen molar-refractivity contribution in [2.45, 2.75) is 52.6 Å². The van der Waals surface area contributed by atoms with Crippen LogP contribution in [0.4, 0.5) is 10.1 Å². The Balaban J connectivity index is 2.21. The molecule has 2 aromatic rings. The third kappa shape index (κ3) is 9.35. The van der Waals surface area contributed by atoms with Gasteiger partial charge in [-0.15, -0.1) is 0 Å². The number of carbonyl (C=O) groups excluding carboxylic acids is 2. The fourth-order valence-corrected chi connectivity index (χ4v) is 4.86. The second-order valence-electron chi connectivity index (χ2n) is 9.35. The Kier molecular flexibility index (Phi) is 11.4. The van der Waals surface area contributed by atoms with Crippen molar-refractivity contribution in [2.24, 2.45) is 5.92 Å². The zero-order chi connectivity index (χ0) is 27.6. The number of benzene rings is 2. The SMILES string of the molecule is CC[C@@H](C(=O)NCC(C)C)N(Cc1ccc(F)cc1)C(=O)CCCN(c1cccc(OC)c1)S(C)(=O)=O. The molecule has 0 unspecified atom stereocenters. The highest BCUT2D eigenvalue weighted by Gasteiger charge is 2.29. The Labute approximate surface area is 219 Å². The summed E-state index contributed by atoms with van der Waals surface area (Å²) in [6.45, 7) is 6.50. The maximum Gasteiger partial charge on any atom is 0.242 e. The van der Waals surface area contributed by atoms with Crippen LogP contribution in [0.3, 0.4) is 0 Å². The van der Waals surface area contributed by atoms with Crippen molar-refractivity contribution in [2.75, 3.05) is 30.8 Å². The number of methoxy groups -OCH3 is 1. The maximum absolute atomic E-state index is 13.4. The first-order chi connectivity index (χ1) is 17.5. The van der Waals surface area contributed by atoms with Crippen LogP contribution in [0.15, 0.2) is 48.5 Å². The van der Waals surface area contributed by atoms with E-state index in [1.54, 1.807) is 36.4 Å².